The number of hydrogen-bond donors (Lipinski definition) is 0. The Balaban J connectivity index is 1.54. The second-order valence-electron chi connectivity index (χ2n) is 9.14. The first-order chi connectivity index (χ1) is 15.1. The lowest BCUT2D eigenvalue weighted by Gasteiger charge is -2.46. The maximum absolute atomic E-state index is 13.6. The predicted octanol–water partition coefficient (Wildman–Crippen LogP) is 5.27. The van der Waals surface area contributed by atoms with E-state index < -0.39 is 17.5 Å². The van der Waals surface area contributed by atoms with E-state index in [9.17, 15) is 22.8 Å². The first-order valence-corrected chi connectivity index (χ1v) is 11.2. The highest BCUT2D eigenvalue weighted by Gasteiger charge is 2.64. The van der Waals surface area contributed by atoms with E-state index in [-0.39, 0.29) is 30.8 Å². The molecule has 1 saturated heterocycles. The molecule has 1 aromatic heterocycles. The molecule has 1 aliphatic carbocycles. The van der Waals surface area contributed by atoms with Crippen LogP contribution in [0.25, 0.3) is 10.9 Å². The third-order valence-corrected chi connectivity index (χ3v) is 7.62. The molecular formula is C24H29F3N2O3. The molecule has 2 heterocycles. The third kappa shape index (κ3) is 3.39. The summed E-state index contributed by atoms with van der Waals surface area (Å²) in [6, 6.07) is 7.69. The highest BCUT2D eigenvalue weighted by atomic mass is 19.4. The Kier molecular flexibility index (Phi) is 5.75. The van der Waals surface area contributed by atoms with Gasteiger partial charge in [-0.25, -0.2) is 4.79 Å². The van der Waals surface area contributed by atoms with E-state index in [4.69, 9.17) is 4.74 Å². The maximum atomic E-state index is 13.6. The van der Waals surface area contributed by atoms with Crippen molar-refractivity contribution >= 4 is 22.8 Å². The van der Waals surface area contributed by atoms with Crippen molar-refractivity contribution in [2.45, 2.75) is 58.2 Å². The number of rotatable bonds is 4. The van der Waals surface area contributed by atoms with Gasteiger partial charge in [0.1, 0.15) is 5.41 Å². The molecular weight excluding hydrogens is 421 g/mol. The minimum absolute atomic E-state index is 0.0239. The first-order valence-electron chi connectivity index (χ1n) is 11.2. The average molecular weight is 451 g/mol. The van der Waals surface area contributed by atoms with E-state index in [1.807, 2.05) is 31.2 Å². The van der Waals surface area contributed by atoms with Gasteiger partial charge in [-0.2, -0.15) is 13.2 Å². The molecule has 0 spiro atoms. The lowest BCUT2D eigenvalue weighted by atomic mass is 9.67. The quantitative estimate of drug-likeness (QED) is 0.597. The SMILES string of the molecule is COC(=O)c1c(C)n(C(C)C2CCN(C(=O)C3(C(F)(F)F)CCC3)CC2)c2ccccc12. The Labute approximate surface area is 185 Å². The van der Waals surface area contributed by atoms with E-state index in [1.54, 1.807) is 0 Å². The molecule has 4 rings (SSSR count). The van der Waals surface area contributed by atoms with Crippen molar-refractivity contribution in [1.82, 2.24) is 9.47 Å². The number of amides is 1. The van der Waals surface area contributed by atoms with Crippen molar-refractivity contribution in [2.75, 3.05) is 20.2 Å². The fourth-order valence-electron chi connectivity index (χ4n) is 5.52. The zero-order valence-corrected chi connectivity index (χ0v) is 18.7. The lowest BCUT2D eigenvalue weighted by molar-refractivity contribution is -0.249. The smallest absolute Gasteiger partial charge is 0.403 e. The van der Waals surface area contributed by atoms with Gasteiger partial charge < -0.3 is 14.2 Å². The van der Waals surface area contributed by atoms with E-state index in [0.717, 1.165) is 16.6 Å². The van der Waals surface area contributed by atoms with Crippen molar-refractivity contribution in [3.63, 3.8) is 0 Å². The monoisotopic (exact) mass is 450 g/mol. The second-order valence-corrected chi connectivity index (χ2v) is 9.14. The summed E-state index contributed by atoms with van der Waals surface area (Å²) in [5.74, 6) is -0.955. The van der Waals surface area contributed by atoms with E-state index in [0.29, 0.717) is 37.9 Å². The summed E-state index contributed by atoms with van der Waals surface area (Å²) in [5.41, 5.74) is 0.116. The molecule has 5 nitrogen and oxygen atoms in total. The molecule has 2 aromatic rings. The van der Waals surface area contributed by atoms with Crippen LogP contribution in [0.2, 0.25) is 0 Å². The van der Waals surface area contributed by atoms with Crippen LogP contribution in [0.5, 0.6) is 0 Å². The number of likely N-dealkylation sites (tertiary alicyclic amines) is 1. The van der Waals surface area contributed by atoms with Crippen molar-refractivity contribution in [2.24, 2.45) is 11.3 Å². The lowest BCUT2D eigenvalue weighted by Crippen LogP contribution is -2.57. The van der Waals surface area contributed by atoms with Gasteiger partial charge in [0.05, 0.1) is 12.7 Å². The van der Waals surface area contributed by atoms with Crippen LogP contribution in [0.15, 0.2) is 24.3 Å². The van der Waals surface area contributed by atoms with Gasteiger partial charge in [-0.05, 0) is 51.5 Å². The molecule has 174 valence electrons. The maximum Gasteiger partial charge on any atom is 0.403 e. The third-order valence-electron chi connectivity index (χ3n) is 7.62. The van der Waals surface area contributed by atoms with Gasteiger partial charge in [0, 0.05) is 35.7 Å². The minimum Gasteiger partial charge on any atom is -0.465 e. The number of aromatic nitrogens is 1. The van der Waals surface area contributed by atoms with Gasteiger partial charge in [-0.1, -0.05) is 24.6 Å². The Bertz CT molecular complexity index is 1030. The normalized spacial score (nSPS) is 20.1. The number of hydrogen-bond acceptors (Lipinski definition) is 3. The number of esters is 1. The summed E-state index contributed by atoms with van der Waals surface area (Å²) in [4.78, 5) is 26.6. The van der Waals surface area contributed by atoms with Gasteiger partial charge in [-0.15, -0.1) is 0 Å². The number of carbonyl (C=O) groups is 2. The van der Waals surface area contributed by atoms with E-state index in [1.165, 1.54) is 12.0 Å². The van der Waals surface area contributed by atoms with Crippen LogP contribution >= 0.6 is 0 Å². The van der Waals surface area contributed by atoms with Crippen LogP contribution in [0.1, 0.15) is 61.1 Å². The number of carbonyl (C=O) groups excluding carboxylic acids is 2. The first kappa shape index (κ1) is 22.7. The van der Waals surface area contributed by atoms with Gasteiger partial charge in [0.15, 0.2) is 0 Å². The number of methoxy groups -OCH3 is 1. The zero-order valence-electron chi connectivity index (χ0n) is 18.7. The molecule has 1 saturated carbocycles. The fraction of sp³-hybridized carbons (Fsp3) is 0.583. The minimum atomic E-state index is -4.49. The number of piperidine rings is 1. The molecule has 1 atom stereocenters. The zero-order chi connectivity index (χ0) is 23.3. The summed E-state index contributed by atoms with van der Waals surface area (Å²) in [6.07, 6.45) is -2.99. The molecule has 0 radical (unpaired) electrons. The van der Waals surface area contributed by atoms with Gasteiger partial charge in [-0.3, -0.25) is 4.79 Å². The van der Waals surface area contributed by atoms with Crippen molar-refractivity contribution < 1.29 is 27.5 Å². The summed E-state index contributed by atoms with van der Waals surface area (Å²) in [7, 11) is 1.36. The fourth-order valence-corrected chi connectivity index (χ4v) is 5.52. The molecule has 32 heavy (non-hydrogen) atoms. The summed E-state index contributed by atoms with van der Waals surface area (Å²) in [5, 5.41) is 0.827. The topological polar surface area (TPSA) is 51.5 Å². The molecule has 1 aromatic carbocycles. The molecule has 2 aliphatic rings. The summed E-state index contributed by atoms with van der Waals surface area (Å²) in [6.45, 7) is 4.62. The van der Waals surface area contributed by atoms with E-state index >= 15 is 0 Å². The molecule has 2 fully saturated rings. The van der Waals surface area contributed by atoms with Crippen molar-refractivity contribution in [3.05, 3.63) is 35.5 Å². The largest absolute Gasteiger partial charge is 0.465 e. The molecule has 1 unspecified atom stereocenters. The van der Waals surface area contributed by atoms with Gasteiger partial charge in [0.25, 0.3) is 0 Å². The van der Waals surface area contributed by atoms with E-state index in [2.05, 4.69) is 11.5 Å². The number of halogens is 3. The van der Waals surface area contributed by atoms with Gasteiger partial charge >= 0.3 is 12.1 Å². The van der Waals surface area contributed by atoms with Crippen LogP contribution in [0.3, 0.4) is 0 Å². The number of para-hydroxylation sites is 1. The summed E-state index contributed by atoms with van der Waals surface area (Å²) < 4.78 is 47.9. The average Bonchev–Trinajstić information content (AvgIpc) is 3.02. The summed E-state index contributed by atoms with van der Waals surface area (Å²) >= 11 is 0. The van der Waals surface area contributed by atoms with Crippen molar-refractivity contribution in [3.8, 4) is 0 Å². The Morgan fingerprint density at radius 3 is 2.31 bits per heavy atom. The van der Waals surface area contributed by atoms with Crippen LogP contribution in [0, 0.1) is 18.3 Å². The Morgan fingerprint density at radius 2 is 1.78 bits per heavy atom. The number of benzene rings is 1. The number of ether oxygens (including phenoxy) is 1. The molecule has 1 amide bonds. The standard InChI is InChI=1S/C24H29F3N2O3/c1-15(29-16(2)20(21(30)32-3)18-7-4-5-8-19(18)29)17-9-13-28(14-10-17)22(31)23(11-6-12-23)24(25,26)27/h4-5,7-8,15,17H,6,9-14H2,1-3H3. The molecule has 8 heteroatoms. The molecule has 1 aliphatic heterocycles. The van der Waals surface area contributed by atoms with Gasteiger partial charge in [0.2, 0.25) is 5.91 Å². The van der Waals surface area contributed by atoms with Crippen LogP contribution in [-0.2, 0) is 9.53 Å². The Hall–Kier alpha value is -2.51. The Morgan fingerprint density at radius 1 is 1.16 bits per heavy atom. The predicted molar refractivity (Wildman–Crippen MR) is 114 cm³/mol. The van der Waals surface area contributed by atoms with Crippen LogP contribution in [0.4, 0.5) is 13.2 Å². The van der Waals surface area contributed by atoms with Crippen LogP contribution < -0.4 is 0 Å². The number of nitrogens with zero attached hydrogens (tertiary/aromatic N) is 2. The van der Waals surface area contributed by atoms with Crippen molar-refractivity contribution in [1.29, 1.82) is 0 Å². The number of alkyl halides is 3. The molecule has 0 bridgehead atoms. The second kappa shape index (κ2) is 8.12. The highest BCUT2D eigenvalue weighted by molar-refractivity contribution is 6.06. The highest BCUT2D eigenvalue weighted by Crippen LogP contribution is 2.54. The molecule has 0 N–H and O–H groups in total. The van der Waals surface area contributed by atoms with Crippen LogP contribution in [-0.4, -0.2) is 47.7 Å². The number of fused-ring (bicyclic) bond motifs is 1.